The number of carbonyl (C=O) groups excluding carboxylic acids is 1. The van der Waals surface area contributed by atoms with Crippen LogP contribution in [0.15, 0.2) is 38.0 Å². The van der Waals surface area contributed by atoms with E-state index in [0.29, 0.717) is 11.2 Å². The van der Waals surface area contributed by atoms with Crippen LogP contribution in [0.25, 0.3) is 0 Å². The molecule has 3 heteroatoms. The number of nitrogens with one attached hydrogen (secondary N) is 1. The van der Waals surface area contributed by atoms with Crippen molar-refractivity contribution in [1.82, 2.24) is 5.32 Å². The van der Waals surface area contributed by atoms with E-state index >= 15 is 0 Å². The Bertz CT molecular complexity index is 223. The zero-order valence-electron chi connectivity index (χ0n) is 8.83. The van der Waals surface area contributed by atoms with E-state index in [4.69, 9.17) is 0 Å². The van der Waals surface area contributed by atoms with Crippen LogP contribution in [0.1, 0.15) is 0 Å². The highest BCUT2D eigenvalue weighted by Gasteiger charge is 2.17. The topological polar surface area (TPSA) is 29.1 Å². The van der Waals surface area contributed by atoms with Gasteiger partial charge in [0.1, 0.15) is 0 Å². The monoisotopic (exact) mass is 195 g/mol. The normalized spacial score (nSPS) is 10.4. The Morgan fingerprint density at radius 2 is 1.79 bits per heavy atom. The molecule has 0 aromatic carbocycles. The first kappa shape index (κ1) is 12.7. The van der Waals surface area contributed by atoms with Gasteiger partial charge in [0.05, 0.1) is 20.1 Å². The molecule has 3 nitrogen and oxygen atoms in total. The lowest BCUT2D eigenvalue weighted by Gasteiger charge is -2.32. The van der Waals surface area contributed by atoms with Crippen molar-refractivity contribution in [1.29, 1.82) is 0 Å². The highest BCUT2D eigenvalue weighted by molar-refractivity contribution is 5.86. The number of hydrogen-bond acceptors (Lipinski definition) is 1. The molecule has 0 aliphatic carbocycles. The summed E-state index contributed by atoms with van der Waals surface area (Å²) in [6.07, 6.45) is 4.94. The molecule has 1 amide bonds. The SMILES string of the molecule is C=CC[N+](C)(CC=C)CNC(=O)C=C. The summed E-state index contributed by atoms with van der Waals surface area (Å²) in [5.41, 5.74) is 0. The molecule has 0 fully saturated rings. The third-order valence-electron chi connectivity index (χ3n) is 1.96. The molecule has 0 atom stereocenters. The Hall–Kier alpha value is -1.35. The van der Waals surface area contributed by atoms with Crippen LogP contribution in [0.3, 0.4) is 0 Å². The van der Waals surface area contributed by atoms with Crippen LogP contribution in [-0.4, -0.2) is 37.2 Å². The van der Waals surface area contributed by atoms with Gasteiger partial charge in [-0.15, -0.1) is 0 Å². The predicted octanol–water partition coefficient (Wildman–Crippen LogP) is 1.06. The summed E-state index contributed by atoms with van der Waals surface area (Å²) in [5, 5.41) is 2.76. The van der Waals surface area contributed by atoms with E-state index in [9.17, 15) is 4.79 Å². The molecular formula is C11H19N2O+. The van der Waals surface area contributed by atoms with E-state index in [-0.39, 0.29) is 5.91 Å². The average molecular weight is 195 g/mol. The van der Waals surface area contributed by atoms with Crippen LogP contribution >= 0.6 is 0 Å². The number of amides is 1. The van der Waals surface area contributed by atoms with E-state index in [0.717, 1.165) is 13.1 Å². The van der Waals surface area contributed by atoms with Gasteiger partial charge in [0.2, 0.25) is 5.91 Å². The Morgan fingerprint density at radius 1 is 1.29 bits per heavy atom. The lowest BCUT2D eigenvalue weighted by atomic mass is 10.4. The van der Waals surface area contributed by atoms with Gasteiger partial charge in [-0.2, -0.15) is 0 Å². The first-order valence-electron chi connectivity index (χ1n) is 4.53. The number of hydrogen-bond donors (Lipinski definition) is 1. The van der Waals surface area contributed by atoms with Gasteiger partial charge in [-0.1, -0.05) is 19.7 Å². The van der Waals surface area contributed by atoms with E-state index in [1.54, 1.807) is 0 Å². The zero-order chi connectivity index (χ0) is 11.0. The fourth-order valence-corrected chi connectivity index (χ4v) is 1.17. The van der Waals surface area contributed by atoms with Crippen molar-refractivity contribution in [3.05, 3.63) is 38.0 Å². The minimum absolute atomic E-state index is 0.150. The zero-order valence-corrected chi connectivity index (χ0v) is 8.83. The lowest BCUT2D eigenvalue weighted by molar-refractivity contribution is -0.900. The molecule has 14 heavy (non-hydrogen) atoms. The van der Waals surface area contributed by atoms with E-state index in [1.807, 2.05) is 19.2 Å². The second-order valence-electron chi connectivity index (χ2n) is 3.47. The average Bonchev–Trinajstić information content (AvgIpc) is 2.15. The largest absolute Gasteiger partial charge is 0.306 e. The number of carbonyl (C=O) groups is 1. The molecule has 1 N–H and O–H groups in total. The van der Waals surface area contributed by atoms with Gasteiger partial charge < -0.3 is 9.80 Å². The van der Waals surface area contributed by atoms with Gasteiger partial charge in [0, 0.05) is 0 Å². The number of nitrogens with zero attached hydrogens (tertiary/aromatic N) is 1. The van der Waals surface area contributed by atoms with Crippen molar-refractivity contribution >= 4 is 5.91 Å². The van der Waals surface area contributed by atoms with Crippen LogP contribution in [0.4, 0.5) is 0 Å². The summed E-state index contributed by atoms with van der Waals surface area (Å²) < 4.78 is 0.673. The molecule has 0 aromatic heterocycles. The first-order chi connectivity index (χ1) is 6.58. The quantitative estimate of drug-likeness (QED) is 0.280. The summed E-state index contributed by atoms with van der Waals surface area (Å²) in [6.45, 7) is 12.9. The minimum atomic E-state index is -0.150. The molecule has 0 rings (SSSR count). The van der Waals surface area contributed by atoms with Gasteiger partial charge in [-0.3, -0.25) is 4.79 Å². The summed E-state index contributed by atoms with van der Waals surface area (Å²) in [7, 11) is 2.03. The van der Waals surface area contributed by atoms with E-state index < -0.39 is 0 Å². The summed E-state index contributed by atoms with van der Waals surface area (Å²) in [6, 6.07) is 0. The number of rotatable bonds is 7. The van der Waals surface area contributed by atoms with Crippen molar-refractivity contribution in [2.75, 3.05) is 26.8 Å². The maximum absolute atomic E-state index is 11.0. The molecule has 0 unspecified atom stereocenters. The lowest BCUT2D eigenvalue weighted by Crippen LogP contribution is -2.51. The molecule has 0 heterocycles. The van der Waals surface area contributed by atoms with Crippen LogP contribution in [-0.2, 0) is 4.79 Å². The van der Waals surface area contributed by atoms with Gasteiger partial charge in [-0.05, 0) is 18.2 Å². The fraction of sp³-hybridized carbons (Fsp3) is 0.364. The Labute approximate surface area is 86.0 Å². The third kappa shape index (κ3) is 4.62. The van der Waals surface area contributed by atoms with Crippen molar-refractivity contribution in [3.8, 4) is 0 Å². The second-order valence-corrected chi connectivity index (χ2v) is 3.47. The van der Waals surface area contributed by atoms with Gasteiger partial charge >= 0.3 is 0 Å². The number of likely N-dealkylation sites (N-methyl/N-ethyl adjacent to an activating group) is 1. The van der Waals surface area contributed by atoms with Crippen molar-refractivity contribution in [2.24, 2.45) is 0 Å². The molecule has 0 aromatic rings. The Balaban J connectivity index is 4.20. The predicted molar refractivity (Wildman–Crippen MR) is 59.5 cm³/mol. The molecular weight excluding hydrogens is 176 g/mol. The second kappa shape index (κ2) is 6.16. The molecule has 78 valence electrons. The summed E-state index contributed by atoms with van der Waals surface area (Å²) in [4.78, 5) is 11.0. The summed E-state index contributed by atoms with van der Waals surface area (Å²) >= 11 is 0. The molecule has 0 radical (unpaired) electrons. The molecule has 0 saturated heterocycles. The van der Waals surface area contributed by atoms with Crippen molar-refractivity contribution in [2.45, 2.75) is 0 Å². The molecule has 0 saturated carbocycles. The third-order valence-corrected chi connectivity index (χ3v) is 1.96. The first-order valence-corrected chi connectivity index (χ1v) is 4.53. The minimum Gasteiger partial charge on any atom is -0.306 e. The maximum atomic E-state index is 11.0. The molecule has 0 aliphatic rings. The van der Waals surface area contributed by atoms with Gasteiger partial charge in [0.25, 0.3) is 0 Å². The van der Waals surface area contributed by atoms with E-state index in [1.165, 1.54) is 6.08 Å². The van der Waals surface area contributed by atoms with Crippen LogP contribution in [0.2, 0.25) is 0 Å². The van der Waals surface area contributed by atoms with Crippen LogP contribution in [0.5, 0.6) is 0 Å². The van der Waals surface area contributed by atoms with Crippen LogP contribution in [0, 0.1) is 0 Å². The standard InChI is InChI=1S/C11H18N2O/c1-5-8-13(4,9-6-2)10-12-11(14)7-3/h5-7H,1-3,8-10H2,4H3/p+1. The van der Waals surface area contributed by atoms with Crippen LogP contribution < -0.4 is 5.32 Å². The maximum Gasteiger partial charge on any atom is 0.247 e. The smallest absolute Gasteiger partial charge is 0.247 e. The van der Waals surface area contributed by atoms with Crippen molar-refractivity contribution < 1.29 is 9.28 Å². The van der Waals surface area contributed by atoms with Crippen molar-refractivity contribution in [3.63, 3.8) is 0 Å². The van der Waals surface area contributed by atoms with Gasteiger partial charge in [0.15, 0.2) is 6.67 Å². The highest BCUT2D eigenvalue weighted by Crippen LogP contribution is 2.00. The fourth-order valence-electron chi connectivity index (χ4n) is 1.17. The van der Waals surface area contributed by atoms with E-state index in [2.05, 4.69) is 25.1 Å². The molecule has 0 aliphatic heterocycles. The Morgan fingerprint density at radius 3 is 2.14 bits per heavy atom. The Kier molecular flexibility index (Phi) is 5.56. The van der Waals surface area contributed by atoms with Gasteiger partial charge in [-0.25, -0.2) is 0 Å². The molecule has 0 spiro atoms. The molecule has 0 bridgehead atoms. The summed E-state index contributed by atoms with van der Waals surface area (Å²) in [5.74, 6) is -0.150. The number of quaternary nitrogens is 1. The highest BCUT2D eigenvalue weighted by atomic mass is 16.1.